The van der Waals surface area contributed by atoms with Crippen LogP contribution in [0.2, 0.25) is 0 Å². The fourth-order valence-electron chi connectivity index (χ4n) is 3.78. The predicted octanol–water partition coefficient (Wildman–Crippen LogP) is 3.62. The molecule has 1 amide bonds. The lowest BCUT2D eigenvalue weighted by Crippen LogP contribution is -2.39. The highest BCUT2D eigenvalue weighted by Gasteiger charge is 2.31. The van der Waals surface area contributed by atoms with Crippen molar-refractivity contribution in [3.05, 3.63) is 53.9 Å². The number of hydrogen-bond acceptors (Lipinski definition) is 4. The van der Waals surface area contributed by atoms with Crippen LogP contribution in [0.5, 0.6) is 11.5 Å². The molecule has 1 N–H and O–H groups in total. The fraction of sp³-hybridized carbons (Fsp3) is 0.400. The highest BCUT2D eigenvalue weighted by atomic mass is 16.5. The number of nitrogens with zero attached hydrogens (tertiary/aromatic N) is 2. The Labute approximate surface area is 153 Å². The van der Waals surface area contributed by atoms with Crippen molar-refractivity contribution in [2.45, 2.75) is 18.8 Å². The zero-order valence-electron chi connectivity index (χ0n) is 15.1. The summed E-state index contributed by atoms with van der Waals surface area (Å²) in [6, 6.07) is 10.1. The summed E-state index contributed by atoms with van der Waals surface area (Å²) in [4.78, 5) is 16.8. The summed E-state index contributed by atoms with van der Waals surface area (Å²) in [6.07, 6.45) is 4.42. The highest BCUT2D eigenvalue weighted by Crippen LogP contribution is 2.40. The molecule has 2 heterocycles. The van der Waals surface area contributed by atoms with Crippen molar-refractivity contribution in [3.63, 3.8) is 0 Å². The van der Waals surface area contributed by atoms with Crippen LogP contribution in [-0.2, 0) is 0 Å². The maximum Gasteiger partial charge on any atom is 0.407 e. The van der Waals surface area contributed by atoms with Crippen LogP contribution in [0.1, 0.15) is 29.9 Å². The standard InChI is InChI=1S/C20H24N2O4/c1-25-17-4-3-16(13-18(17)26-2)19(14-5-9-21-10-6-14)15-7-11-22(12-8-15)20(23)24/h3-6,9-10,13,15,19H,7-8,11-12H2,1-2H3,(H,23,24). The van der Waals surface area contributed by atoms with Gasteiger partial charge in [0.15, 0.2) is 11.5 Å². The molecule has 1 unspecified atom stereocenters. The van der Waals surface area contributed by atoms with Crippen LogP contribution in [0.4, 0.5) is 4.79 Å². The Morgan fingerprint density at radius 1 is 1.08 bits per heavy atom. The Balaban J connectivity index is 1.94. The quantitative estimate of drug-likeness (QED) is 0.886. The molecule has 1 saturated heterocycles. The van der Waals surface area contributed by atoms with Crippen LogP contribution in [0.25, 0.3) is 0 Å². The lowest BCUT2D eigenvalue weighted by molar-refractivity contribution is 0.122. The molecule has 0 radical (unpaired) electrons. The van der Waals surface area contributed by atoms with E-state index in [9.17, 15) is 9.90 Å². The minimum absolute atomic E-state index is 0.161. The number of carbonyl (C=O) groups is 1. The highest BCUT2D eigenvalue weighted by molar-refractivity contribution is 5.65. The summed E-state index contributed by atoms with van der Waals surface area (Å²) in [5.41, 5.74) is 2.32. The lowest BCUT2D eigenvalue weighted by Gasteiger charge is -2.35. The molecule has 3 rings (SSSR count). The first-order valence-electron chi connectivity index (χ1n) is 8.73. The summed E-state index contributed by atoms with van der Waals surface area (Å²) < 4.78 is 10.8. The van der Waals surface area contributed by atoms with E-state index >= 15 is 0 Å². The smallest absolute Gasteiger partial charge is 0.407 e. The SMILES string of the molecule is COc1ccc(C(c2ccncc2)C2CCN(C(=O)O)CC2)cc1OC. The normalized spacial score (nSPS) is 16.2. The number of carboxylic acid groups (broad SMARTS) is 1. The molecule has 26 heavy (non-hydrogen) atoms. The average Bonchev–Trinajstić information content (AvgIpc) is 2.69. The molecule has 1 aromatic carbocycles. The molecule has 6 heteroatoms. The molecule has 1 fully saturated rings. The van der Waals surface area contributed by atoms with Crippen LogP contribution in [-0.4, -0.2) is 48.4 Å². The van der Waals surface area contributed by atoms with Gasteiger partial charge in [0, 0.05) is 31.4 Å². The topological polar surface area (TPSA) is 71.9 Å². The van der Waals surface area contributed by atoms with Crippen molar-refractivity contribution in [2.75, 3.05) is 27.3 Å². The lowest BCUT2D eigenvalue weighted by atomic mass is 9.76. The Bertz CT molecular complexity index is 743. The monoisotopic (exact) mass is 356 g/mol. The van der Waals surface area contributed by atoms with Crippen LogP contribution in [0.3, 0.4) is 0 Å². The van der Waals surface area contributed by atoms with E-state index < -0.39 is 6.09 Å². The van der Waals surface area contributed by atoms with Gasteiger partial charge in [-0.05, 0) is 54.2 Å². The molecular weight excluding hydrogens is 332 g/mol. The zero-order valence-corrected chi connectivity index (χ0v) is 15.1. The first-order valence-corrected chi connectivity index (χ1v) is 8.73. The first-order chi connectivity index (χ1) is 12.6. The summed E-state index contributed by atoms with van der Waals surface area (Å²) in [5, 5.41) is 9.21. The van der Waals surface area contributed by atoms with E-state index in [4.69, 9.17) is 9.47 Å². The van der Waals surface area contributed by atoms with Gasteiger partial charge in [0.05, 0.1) is 14.2 Å². The molecule has 1 aliphatic rings. The number of aromatic nitrogens is 1. The van der Waals surface area contributed by atoms with Gasteiger partial charge in [-0.1, -0.05) is 6.07 Å². The number of pyridine rings is 1. The molecule has 0 aliphatic carbocycles. The Morgan fingerprint density at radius 2 is 1.73 bits per heavy atom. The first kappa shape index (κ1) is 18.0. The maximum atomic E-state index is 11.2. The molecule has 1 atom stereocenters. The largest absolute Gasteiger partial charge is 0.493 e. The number of hydrogen-bond donors (Lipinski definition) is 1. The molecule has 2 aromatic rings. The van der Waals surface area contributed by atoms with Gasteiger partial charge in [-0.3, -0.25) is 4.98 Å². The average molecular weight is 356 g/mol. The second-order valence-electron chi connectivity index (χ2n) is 6.48. The van der Waals surface area contributed by atoms with Crippen LogP contribution >= 0.6 is 0 Å². The molecule has 6 nitrogen and oxygen atoms in total. The van der Waals surface area contributed by atoms with E-state index in [2.05, 4.69) is 11.1 Å². The van der Waals surface area contributed by atoms with Crippen molar-refractivity contribution >= 4 is 6.09 Å². The summed E-state index contributed by atoms with van der Waals surface area (Å²) >= 11 is 0. The van der Waals surface area contributed by atoms with Gasteiger partial charge < -0.3 is 19.5 Å². The van der Waals surface area contributed by atoms with Crippen molar-refractivity contribution in [1.29, 1.82) is 0 Å². The third kappa shape index (κ3) is 3.74. The van der Waals surface area contributed by atoms with E-state index in [-0.39, 0.29) is 5.92 Å². The number of methoxy groups -OCH3 is 2. The summed E-state index contributed by atoms with van der Waals surface area (Å²) in [7, 11) is 3.26. The number of piperidine rings is 1. The van der Waals surface area contributed by atoms with E-state index in [1.165, 1.54) is 10.5 Å². The van der Waals surface area contributed by atoms with E-state index in [0.717, 1.165) is 18.4 Å². The number of ether oxygens (including phenoxy) is 2. The summed E-state index contributed by atoms with van der Waals surface area (Å²) in [5.74, 6) is 1.91. The Hall–Kier alpha value is -2.76. The van der Waals surface area contributed by atoms with Gasteiger partial charge in [-0.25, -0.2) is 4.79 Å². The van der Waals surface area contributed by atoms with E-state index in [0.29, 0.717) is 30.5 Å². The van der Waals surface area contributed by atoms with Crippen molar-refractivity contribution in [1.82, 2.24) is 9.88 Å². The minimum Gasteiger partial charge on any atom is -0.493 e. The van der Waals surface area contributed by atoms with Gasteiger partial charge in [-0.15, -0.1) is 0 Å². The van der Waals surface area contributed by atoms with Crippen molar-refractivity contribution in [2.24, 2.45) is 5.92 Å². The molecular formula is C20H24N2O4. The molecule has 1 aliphatic heterocycles. The fourth-order valence-corrected chi connectivity index (χ4v) is 3.78. The number of amides is 1. The molecule has 0 spiro atoms. The number of likely N-dealkylation sites (tertiary alicyclic amines) is 1. The number of benzene rings is 1. The van der Waals surface area contributed by atoms with Crippen LogP contribution in [0, 0.1) is 5.92 Å². The van der Waals surface area contributed by atoms with Gasteiger partial charge in [-0.2, -0.15) is 0 Å². The minimum atomic E-state index is -0.838. The Kier molecular flexibility index (Phi) is 5.61. The van der Waals surface area contributed by atoms with Crippen LogP contribution in [0.15, 0.2) is 42.7 Å². The van der Waals surface area contributed by atoms with Crippen LogP contribution < -0.4 is 9.47 Å². The molecule has 1 aromatic heterocycles. The molecule has 0 saturated carbocycles. The third-order valence-electron chi connectivity index (χ3n) is 5.11. The van der Waals surface area contributed by atoms with E-state index in [1.54, 1.807) is 26.6 Å². The molecule has 138 valence electrons. The van der Waals surface area contributed by atoms with Gasteiger partial charge in [0.2, 0.25) is 0 Å². The third-order valence-corrected chi connectivity index (χ3v) is 5.11. The van der Waals surface area contributed by atoms with Gasteiger partial charge >= 0.3 is 6.09 Å². The van der Waals surface area contributed by atoms with Gasteiger partial charge in [0.1, 0.15) is 0 Å². The Morgan fingerprint density at radius 3 is 2.31 bits per heavy atom. The second kappa shape index (κ2) is 8.08. The van der Waals surface area contributed by atoms with E-state index in [1.807, 2.05) is 24.3 Å². The maximum absolute atomic E-state index is 11.2. The van der Waals surface area contributed by atoms with Gasteiger partial charge in [0.25, 0.3) is 0 Å². The zero-order chi connectivity index (χ0) is 18.5. The van der Waals surface area contributed by atoms with Crippen molar-refractivity contribution in [3.8, 4) is 11.5 Å². The summed E-state index contributed by atoms with van der Waals surface area (Å²) in [6.45, 7) is 1.13. The number of rotatable bonds is 5. The second-order valence-corrected chi connectivity index (χ2v) is 6.48. The van der Waals surface area contributed by atoms with Crippen molar-refractivity contribution < 1.29 is 19.4 Å². The predicted molar refractivity (Wildman–Crippen MR) is 97.9 cm³/mol. The molecule has 0 bridgehead atoms.